The number of hydrogen-bond donors (Lipinski definition) is 1. The minimum Gasteiger partial charge on any atom is -0.506 e. The zero-order valence-corrected chi connectivity index (χ0v) is 8.72. The van der Waals surface area contributed by atoms with Gasteiger partial charge in [0.25, 0.3) is 9.05 Å². The molecular weight excluding hydrogens is 226 g/mol. The quantitative estimate of drug-likeness (QED) is 0.743. The molecule has 0 bridgehead atoms. The van der Waals surface area contributed by atoms with Gasteiger partial charge in [-0.2, -0.15) is 5.26 Å². The van der Waals surface area contributed by atoms with E-state index < -0.39 is 19.7 Å². The molecule has 0 aliphatic rings. The predicted octanol–water partition coefficient (Wildman–Crippen LogP) is 1.50. The largest absolute Gasteiger partial charge is 0.506 e. The van der Waals surface area contributed by atoms with Crippen LogP contribution in [-0.2, 0) is 9.05 Å². The number of phenolic OH excluding ortho intramolecular Hbond substituents is 1. The summed E-state index contributed by atoms with van der Waals surface area (Å²) in [7, 11) is 0.982. The van der Waals surface area contributed by atoms with Gasteiger partial charge in [0.15, 0.2) is 0 Å². The van der Waals surface area contributed by atoms with Gasteiger partial charge in [0.05, 0.1) is 5.56 Å². The monoisotopic (exact) mass is 231 g/mol. The SMILES string of the molecule is Cc1ccc(C#N)c(S(=O)(=O)Cl)c1O. The minimum absolute atomic E-state index is 0.164. The normalized spacial score (nSPS) is 10.9. The summed E-state index contributed by atoms with van der Waals surface area (Å²) in [5.41, 5.74) is 0.186. The number of hydrogen-bond acceptors (Lipinski definition) is 4. The Hall–Kier alpha value is -1.25. The Morgan fingerprint density at radius 2 is 2.07 bits per heavy atom. The van der Waals surface area contributed by atoms with Crippen molar-refractivity contribution in [2.45, 2.75) is 11.8 Å². The zero-order chi connectivity index (χ0) is 10.9. The number of nitriles is 1. The minimum atomic E-state index is -4.10. The highest BCUT2D eigenvalue weighted by molar-refractivity contribution is 8.13. The van der Waals surface area contributed by atoms with E-state index in [2.05, 4.69) is 0 Å². The van der Waals surface area contributed by atoms with Crippen molar-refractivity contribution in [3.63, 3.8) is 0 Å². The lowest BCUT2D eigenvalue weighted by Gasteiger charge is -2.05. The van der Waals surface area contributed by atoms with Gasteiger partial charge in [0, 0.05) is 10.7 Å². The molecule has 14 heavy (non-hydrogen) atoms. The van der Waals surface area contributed by atoms with Crippen LogP contribution in [0.5, 0.6) is 5.75 Å². The lowest BCUT2D eigenvalue weighted by molar-refractivity contribution is 0.455. The summed E-state index contributed by atoms with van der Waals surface area (Å²) in [6.07, 6.45) is 0. The molecule has 0 atom stereocenters. The Labute approximate surface area is 85.8 Å². The maximum atomic E-state index is 11.0. The second-order valence-corrected chi connectivity index (χ2v) is 5.16. The van der Waals surface area contributed by atoms with E-state index in [1.54, 1.807) is 6.07 Å². The van der Waals surface area contributed by atoms with E-state index in [1.807, 2.05) is 0 Å². The van der Waals surface area contributed by atoms with Gasteiger partial charge >= 0.3 is 0 Å². The van der Waals surface area contributed by atoms with Crippen LogP contribution in [0.2, 0.25) is 0 Å². The molecule has 1 aromatic rings. The van der Waals surface area contributed by atoms with Crippen LogP contribution >= 0.6 is 10.7 Å². The van der Waals surface area contributed by atoms with Crippen LogP contribution in [0.1, 0.15) is 11.1 Å². The van der Waals surface area contributed by atoms with Gasteiger partial charge in [-0.1, -0.05) is 6.07 Å². The molecule has 0 saturated carbocycles. The lowest BCUT2D eigenvalue weighted by Crippen LogP contribution is -1.97. The van der Waals surface area contributed by atoms with Crippen molar-refractivity contribution in [2.75, 3.05) is 0 Å². The molecule has 1 rings (SSSR count). The van der Waals surface area contributed by atoms with Crippen LogP contribution in [0.15, 0.2) is 17.0 Å². The first-order chi connectivity index (χ1) is 6.38. The van der Waals surface area contributed by atoms with Gasteiger partial charge in [-0.15, -0.1) is 0 Å². The first-order valence-corrected chi connectivity index (χ1v) is 5.86. The molecule has 1 N–H and O–H groups in total. The average molecular weight is 232 g/mol. The lowest BCUT2D eigenvalue weighted by atomic mass is 10.1. The molecule has 4 nitrogen and oxygen atoms in total. The van der Waals surface area contributed by atoms with Crippen molar-refractivity contribution in [1.82, 2.24) is 0 Å². The van der Waals surface area contributed by atoms with Gasteiger partial charge in [0.2, 0.25) is 0 Å². The highest BCUT2D eigenvalue weighted by Gasteiger charge is 2.21. The fourth-order valence-electron chi connectivity index (χ4n) is 1.00. The van der Waals surface area contributed by atoms with Crippen LogP contribution in [0, 0.1) is 18.3 Å². The van der Waals surface area contributed by atoms with Gasteiger partial charge < -0.3 is 5.11 Å². The fraction of sp³-hybridized carbons (Fsp3) is 0.125. The molecule has 0 aliphatic heterocycles. The molecule has 0 fully saturated rings. The molecule has 74 valence electrons. The van der Waals surface area contributed by atoms with Gasteiger partial charge in [0.1, 0.15) is 16.7 Å². The second-order valence-electron chi connectivity index (χ2n) is 2.66. The van der Waals surface area contributed by atoms with E-state index in [0.29, 0.717) is 5.56 Å². The molecule has 0 radical (unpaired) electrons. The standard InChI is InChI=1S/C8H6ClNO3S/c1-5-2-3-6(4-10)8(7(5)11)14(9,12)13/h2-3,11H,1H3. The van der Waals surface area contributed by atoms with E-state index in [0.717, 1.165) is 0 Å². The summed E-state index contributed by atoms with van der Waals surface area (Å²) in [5.74, 6) is -0.473. The second kappa shape index (κ2) is 3.48. The van der Waals surface area contributed by atoms with E-state index in [-0.39, 0.29) is 5.56 Å². The van der Waals surface area contributed by atoms with E-state index in [9.17, 15) is 13.5 Å². The molecule has 1 aromatic carbocycles. The Kier molecular flexibility index (Phi) is 2.69. The number of phenols is 1. The highest BCUT2D eigenvalue weighted by Crippen LogP contribution is 2.31. The van der Waals surface area contributed by atoms with Crippen molar-refractivity contribution >= 4 is 19.7 Å². The Balaban J connectivity index is 3.72. The molecule has 0 saturated heterocycles. The van der Waals surface area contributed by atoms with Gasteiger partial charge in [-0.3, -0.25) is 0 Å². The number of rotatable bonds is 1. The average Bonchev–Trinajstić information content (AvgIpc) is 2.07. The van der Waals surface area contributed by atoms with Crippen molar-refractivity contribution < 1.29 is 13.5 Å². The van der Waals surface area contributed by atoms with Crippen molar-refractivity contribution in [3.8, 4) is 11.8 Å². The summed E-state index contributed by atoms with van der Waals surface area (Å²) < 4.78 is 22.1. The highest BCUT2D eigenvalue weighted by atomic mass is 35.7. The van der Waals surface area contributed by atoms with Crippen LogP contribution in [0.3, 0.4) is 0 Å². The van der Waals surface area contributed by atoms with E-state index in [4.69, 9.17) is 15.9 Å². The molecule has 6 heteroatoms. The summed E-state index contributed by atoms with van der Waals surface area (Å²) in [5, 5.41) is 18.0. The van der Waals surface area contributed by atoms with Crippen molar-refractivity contribution in [1.29, 1.82) is 5.26 Å². The fourth-order valence-corrected chi connectivity index (χ4v) is 2.24. The maximum Gasteiger partial charge on any atom is 0.266 e. The van der Waals surface area contributed by atoms with Gasteiger partial charge in [-0.05, 0) is 18.6 Å². The van der Waals surface area contributed by atoms with E-state index >= 15 is 0 Å². The summed E-state index contributed by atoms with van der Waals surface area (Å²) in [6, 6.07) is 4.39. The number of aromatic hydroxyl groups is 1. The molecule has 0 aliphatic carbocycles. The first-order valence-electron chi connectivity index (χ1n) is 3.55. The third kappa shape index (κ3) is 1.81. The number of nitrogens with zero attached hydrogens (tertiary/aromatic N) is 1. The summed E-state index contributed by atoms with van der Waals surface area (Å²) in [6.45, 7) is 1.52. The molecule has 0 heterocycles. The Bertz CT molecular complexity index is 516. The molecule has 0 spiro atoms. The first kappa shape index (κ1) is 10.8. The Morgan fingerprint density at radius 3 is 2.50 bits per heavy atom. The molecule has 0 amide bonds. The third-order valence-corrected chi connectivity index (χ3v) is 3.06. The molecule has 0 unspecified atom stereocenters. The topological polar surface area (TPSA) is 78.2 Å². The van der Waals surface area contributed by atoms with Crippen LogP contribution in [-0.4, -0.2) is 13.5 Å². The maximum absolute atomic E-state index is 11.0. The van der Waals surface area contributed by atoms with Crippen LogP contribution in [0.25, 0.3) is 0 Å². The zero-order valence-electron chi connectivity index (χ0n) is 7.15. The third-order valence-electron chi connectivity index (χ3n) is 1.70. The Morgan fingerprint density at radius 1 is 1.50 bits per heavy atom. The van der Waals surface area contributed by atoms with Crippen LogP contribution in [0.4, 0.5) is 0 Å². The number of benzene rings is 1. The molecule has 0 aromatic heterocycles. The van der Waals surface area contributed by atoms with Crippen molar-refractivity contribution in [3.05, 3.63) is 23.3 Å². The number of aryl methyl sites for hydroxylation is 1. The summed E-state index contributed by atoms with van der Waals surface area (Å²) >= 11 is 0. The van der Waals surface area contributed by atoms with Crippen LogP contribution < -0.4 is 0 Å². The summed E-state index contributed by atoms with van der Waals surface area (Å²) in [4.78, 5) is -0.526. The van der Waals surface area contributed by atoms with Crippen molar-refractivity contribution in [2.24, 2.45) is 0 Å². The van der Waals surface area contributed by atoms with Gasteiger partial charge in [-0.25, -0.2) is 8.42 Å². The predicted molar refractivity (Wildman–Crippen MR) is 50.6 cm³/mol. The van der Waals surface area contributed by atoms with E-state index in [1.165, 1.54) is 19.1 Å². The number of halogens is 1. The smallest absolute Gasteiger partial charge is 0.266 e. The molecular formula is C8H6ClNO3S.